The van der Waals surface area contributed by atoms with Gasteiger partial charge in [-0.05, 0) is 93.1 Å². The number of likely N-dealkylation sites (N-methyl/N-ethyl adjacent to an activating group) is 2. The molecule has 13 N–H and O–H groups in total. The third kappa shape index (κ3) is 22.5. The van der Waals surface area contributed by atoms with Crippen LogP contribution in [0.25, 0.3) is 0 Å². The zero-order valence-corrected chi connectivity index (χ0v) is 56.6. The van der Waals surface area contributed by atoms with Gasteiger partial charge in [0.25, 0.3) is 0 Å². The Kier molecular flexibility index (Phi) is 31.9. The van der Waals surface area contributed by atoms with Crippen molar-refractivity contribution in [3.63, 3.8) is 0 Å². The van der Waals surface area contributed by atoms with Crippen molar-refractivity contribution in [1.82, 2.24) is 46.6 Å². The van der Waals surface area contributed by atoms with Gasteiger partial charge in [-0.3, -0.25) is 43.3 Å². The number of urea groups is 1. The number of nitrogens with one attached hydrogen (secondary N) is 7. The van der Waals surface area contributed by atoms with Crippen molar-refractivity contribution in [1.29, 1.82) is 0 Å². The van der Waals surface area contributed by atoms with Crippen LogP contribution in [0.4, 0.5) is 10.5 Å². The number of hydrogen-bond acceptors (Lipinski definition) is 16. The summed E-state index contributed by atoms with van der Waals surface area (Å²) in [5.41, 5.74) is 12.9. The Morgan fingerprint density at radius 3 is 1.89 bits per heavy atom. The number of nitrogens with two attached hydrogens (primary N) is 2. The molecule has 2 saturated heterocycles. The van der Waals surface area contributed by atoms with Gasteiger partial charge in [-0.25, -0.2) is 4.79 Å². The van der Waals surface area contributed by atoms with Gasteiger partial charge in [-0.1, -0.05) is 111 Å². The van der Waals surface area contributed by atoms with Crippen molar-refractivity contribution in [3.05, 3.63) is 65.7 Å². The second-order valence-electron chi connectivity index (χ2n) is 25.9. The number of methoxy groups -OCH3 is 2. The normalized spacial score (nSPS) is 20.6. The lowest BCUT2D eigenvalue weighted by Crippen LogP contribution is -2.59. The molecule has 516 valence electrons. The van der Waals surface area contributed by atoms with Gasteiger partial charge < -0.3 is 82.9 Å². The van der Waals surface area contributed by atoms with E-state index in [1.807, 2.05) is 90.9 Å². The maximum Gasteiger partial charge on any atom is 0.312 e. The number of nitrogens with zero attached hydrogens (tertiary/aromatic N) is 3. The molecule has 4 rings (SSSR count). The SMILES string of the molecule is CCC(C)C(C(CC(=O)N1CCCC1C(OC)C(C)C(=O)N[C@@H](Cc1ccccc1)C(=O)NCCc1ccc(NC(=O)C(CCCNC(N)=O)NC(=O)[C@H](NC(=O)C[C@@H]2O[C@H](CN)C(O)C2O)C(C)C)cc1)OC)N(C)C(=O)[C@@H](NC(=O)C(C(C)C)N(C)C)C(C)C. The fourth-order valence-corrected chi connectivity index (χ4v) is 12.4. The first-order valence-corrected chi connectivity index (χ1v) is 32.4. The van der Waals surface area contributed by atoms with Crippen LogP contribution in [0.1, 0.15) is 118 Å². The molecular formula is C66H108N12O14. The summed E-state index contributed by atoms with van der Waals surface area (Å²) in [5, 5.41) is 40.3. The predicted octanol–water partition coefficient (Wildman–Crippen LogP) is 1.57. The lowest BCUT2D eigenvalue weighted by Gasteiger charge is -2.41. The fraction of sp³-hybridized carbons (Fsp3) is 0.682. The number of rotatable bonds is 37. The van der Waals surface area contributed by atoms with E-state index in [9.17, 15) is 53.4 Å². The molecule has 0 radical (unpaired) electrons. The first-order valence-electron chi connectivity index (χ1n) is 32.4. The van der Waals surface area contributed by atoms with Crippen molar-refractivity contribution in [2.24, 2.45) is 41.1 Å². The minimum atomic E-state index is -1.36. The number of anilines is 1. The van der Waals surface area contributed by atoms with Crippen molar-refractivity contribution in [2.75, 3.05) is 66.9 Å². The molecule has 0 aliphatic carbocycles. The van der Waals surface area contributed by atoms with E-state index in [4.69, 9.17) is 25.7 Å². The van der Waals surface area contributed by atoms with Gasteiger partial charge in [0.2, 0.25) is 47.3 Å². The summed E-state index contributed by atoms with van der Waals surface area (Å²) in [5.74, 6) is -5.09. The van der Waals surface area contributed by atoms with Crippen molar-refractivity contribution >= 4 is 59.0 Å². The largest absolute Gasteiger partial charge is 0.388 e. The zero-order chi connectivity index (χ0) is 68.7. The van der Waals surface area contributed by atoms with Gasteiger partial charge in [0.05, 0.1) is 61.3 Å². The molecule has 0 bridgehead atoms. The Morgan fingerprint density at radius 1 is 0.707 bits per heavy atom. The summed E-state index contributed by atoms with van der Waals surface area (Å²) in [6, 6.07) is 9.85. The number of primary amides is 1. The number of aliphatic hydroxyl groups is 2. The molecule has 15 atom stereocenters. The summed E-state index contributed by atoms with van der Waals surface area (Å²) < 4.78 is 17.7. The first kappa shape index (κ1) is 77.6. The highest BCUT2D eigenvalue weighted by Gasteiger charge is 2.45. The summed E-state index contributed by atoms with van der Waals surface area (Å²) in [6.45, 7) is 17.5. The van der Waals surface area contributed by atoms with Crippen LogP contribution in [0.3, 0.4) is 0 Å². The Bertz CT molecular complexity index is 2700. The second-order valence-corrected chi connectivity index (χ2v) is 25.9. The Morgan fingerprint density at radius 2 is 1.34 bits per heavy atom. The molecule has 10 unspecified atom stereocenters. The molecule has 0 aromatic heterocycles. The predicted molar refractivity (Wildman–Crippen MR) is 349 cm³/mol. The van der Waals surface area contributed by atoms with E-state index in [1.165, 1.54) is 14.2 Å². The van der Waals surface area contributed by atoms with Gasteiger partial charge in [0.1, 0.15) is 36.4 Å². The molecule has 92 heavy (non-hydrogen) atoms. The van der Waals surface area contributed by atoms with Gasteiger partial charge in [-0.2, -0.15) is 0 Å². The van der Waals surface area contributed by atoms with Gasteiger partial charge in [-0.15, -0.1) is 0 Å². The Balaban J connectivity index is 1.42. The maximum absolute atomic E-state index is 14.6. The lowest BCUT2D eigenvalue weighted by molar-refractivity contribution is -0.148. The summed E-state index contributed by atoms with van der Waals surface area (Å²) >= 11 is 0. The molecule has 2 aromatic carbocycles. The van der Waals surface area contributed by atoms with E-state index in [-0.39, 0.29) is 87.2 Å². The molecule has 2 aliphatic heterocycles. The van der Waals surface area contributed by atoms with E-state index in [0.29, 0.717) is 37.9 Å². The fourth-order valence-electron chi connectivity index (χ4n) is 12.4. The third-order valence-electron chi connectivity index (χ3n) is 17.7. The standard InChI is InChI=1S/C66H108N12O14/c1-15-40(8)56(77(12)65(88)54(38(4)5)75-64(87)55(39(6)7)76(10)11)48(90-13)35-52(80)78-32-20-24-47(78)59(91-14)41(9)60(83)73-46(33-43-21-17-16-18-22-43)61(84)69-31-29-42-25-27-44(28-26-42)71-62(85)45(23-19-30-70-66(68)89)72-63(86)53(37(2)3)74-51(79)34-49-57(81)58(82)50(36-67)92-49/h16-18,21-22,25-28,37-41,45-50,53-59,81-82H,15,19-20,23-24,29-36,67H2,1-14H3,(H,69,84)(H,71,85)(H,72,86)(H,73,83)(H,74,79)(H,75,87)(H3,68,70,89)/t40?,41?,45?,46-,47?,48?,49-,50+,53+,54-,55?,56?,57?,58?,59?/m0/s1. The summed E-state index contributed by atoms with van der Waals surface area (Å²) in [7, 11) is 8.41. The van der Waals surface area contributed by atoms with Crippen LogP contribution < -0.4 is 48.7 Å². The van der Waals surface area contributed by atoms with Crippen LogP contribution in [0.15, 0.2) is 54.6 Å². The monoisotopic (exact) mass is 1290 g/mol. The number of carbonyl (C=O) groups is 9. The Labute approximate surface area is 543 Å². The first-order chi connectivity index (χ1) is 43.5. The van der Waals surface area contributed by atoms with Gasteiger partial charge in [0, 0.05) is 59.6 Å². The molecule has 26 heteroatoms. The van der Waals surface area contributed by atoms with Crippen LogP contribution in [-0.4, -0.2) is 219 Å². The van der Waals surface area contributed by atoms with E-state index >= 15 is 0 Å². The van der Waals surface area contributed by atoms with E-state index in [1.54, 1.807) is 61.9 Å². The lowest BCUT2D eigenvalue weighted by atomic mass is 9.89. The van der Waals surface area contributed by atoms with Crippen LogP contribution in [0.2, 0.25) is 0 Å². The quantitative estimate of drug-likeness (QED) is 0.0428. The highest BCUT2D eigenvalue weighted by Crippen LogP contribution is 2.30. The number of likely N-dealkylation sites (tertiary alicyclic amines) is 1. The van der Waals surface area contributed by atoms with Gasteiger partial charge in [0.15, 0.2) is 0 Å². The van der Waals surface area contributed by atoms with Crippen molar-refractivity contribution < 1.29 is 67.6 Å². The number of aliphatic hydroxyl groups excluding tert-OH is 2. The van der Waals surface area contributed by atoms with E-state index in [2.05, 4.69) is 37.2 Å². The van der Waals surface area contributed by atoms with Crippen LogP contribution >= 0.6 is 0 Å². The second kappa shape index (κ2) is 37.8. The van der Waals surface area contributed by atoms with E-state index < -0.39 is 126 Å². The molecule has 2 aromatic rings. The smallest absolute Gasteiger partial charge is 0.312 e. The zero-order valence-electron chi connectivity index (χ0n) is 56.6. The molecule has 10 amide bonds. The van der Waals surface area contributed by atoms with Crippen LogP contribution in [0, 0.1) is 29.6 Å². The average molecular weight is 1290 g/mol. The molecule has 0 saturated carbocycles. The molecule has 2 heterocycles. The Hall–Kier alpha value is -6.81. The van der Waals surface area contributed by atoms with Crippen LogP contribution in [-0.2, 0) is 65.4 Å². The van der Waals surface area contributed by atoms with Gasteiger partial charge >= 0.3 is 6.03 Å². The average Bonchev–Trinajstić information content (AvgIpc) is 1.42. The molecule has 26 nitrogen and oxygen atoms in total. The minimum Gasteiger partial charge on any atom is -0.388 e. The topological polar surface area (TPSA) is 368 Å². The van der Waals surface area contributed by atoms with Crippen molar-refractivity contribution in [3.8, 4) is 0 Å². The number of hydrogen-bond donors (Lipinski definition) is 11. The maximum atomic E-state index is 14.6. The van der Waals surface area contributed by atoms with Crippen molar-refractivity contribution in [2.45, 2.75) is 199 Å². The van der Waals surface area contributed by atoms with Crippen LogP contribution in [0.5, 0.6) is 0 Å². The highest BCUT2D eigenvalue weighted by molar-refractivity contribution is 5.98. The molecular weight excluding hydrogens is 1180 g/mol. The third-order valence-corrected chi connectivity index (χ3v) is 17.7. The molecule has 2 fully saturated rings. The number of carbonyl (C=O) groups excluding carboxylic acids is 9. The number of ether oxygens (including phenoxy) is 3. The summed E-state index contributed by atoms with van der Waals surface area (Å²) in [4.78, 5) is 129. The summed E-state index contributed by atoms with van der Waals surface area (Å²) in [6.07, 6.45) is -3.68. The number of benzene rings is 2. The molecule has 2 aliphatic rings. The molecule has 0 spiro atoms. The minimum absolute atomic E-state index is 0.00375. The van der Waals surface area contributed by atoms with E-state index in [0.717, 1.165) is 11.1 Å². The highest BCUT2D eigenvalue weighted by atomic mass is 16.5. The number of amides is 10.